The molecule has 3 rings (SSSR count). The highest BCUT2D eigenvalue weighted by molar-refractivity contribution is 5.85. The van der Waals surface area contributed by atoms with E-state index < -0.39 is 0 Å². The van der Waals surface area contributed by atoms with Crippen molar-refractivity contribution in [1.29, 1.82) is 0 Å². The molecule has 136 valence electrons. The van der Waals surface area contributed by atoms with Crippen molar-refractivity contribution >= 4 is 18.3 Å². The molecule has 1 fully saturated rings. The fraction of sp³-hybridized carbons (Fsp3) is 0.471. The Morgan fingerprint density at radius 3 is 2.76 bits per heavy atom. The first kappa shape index (κ1) is 19.2. The number of nitrogens with one attached hydrogen (secondary N) is 1. The summed E-state index contributed by atoms with van der Waals surface area (Å²) >= 11 is 0. The van der Waals surface area contributed by atoms with Crippen LogP contribution in [0.15, 0.2) is 28.8 Å². The lowest BCUT2D eigenvalue weighted by Crippen LogP contribution is -2.38. The van der Waals surface area contributed by atoms with E-state index in [1.807, 2.05) is 24.3 Å². The number of hydrogen-bond donors (Lipinski definition) is 2. The molecule has 3 N–H and O–H groups in total. The van der Waals surface area contributed by atoms with Crippen molar-refractivity contribution in [2.24, 2.45) is 11.7 Å². The monoisotopic (exact) mass is 366 g/mol. The minimum absolute atomic E-state index is 0. The third kappa shape index (κ3) is 5.44. The highest BCUT2D eigenvalue weighted by Crippen LogP contribution is 2.31. The summed E-state index contributed by atoms with van der Waals surface area (Å²) in [6, 6.07) is 7.46. The lowest BCUT2D eigenvalue weighted by atomic mass is 10.2. The molecule has 0 aliphatic heterocycles. The van der Waals surface area contributed by atoms with E-state index in [9.17, 15) is 4.79 Å². The molecular weight excluding hydrogens is 344 g/mol. The number of benzene rings is 1. The molecule has 2 aromatic rings. The second kappa shape index (κ2) is 8.82. The molecular formula is C17H23ClN4O3. The van der Waals surface area contributed by atoms with E-state index in [0.717, 1.165) is 11.3 Å². The highest BCUT2D eigenvalue weighted by Gasteiger charge is 2.28. The van der Waals surface area contributed by atoms with Crippen molar-refractivity contribution in [3.8, 4) is 17.1 Å². The number of halogens is 1. The van der Waals surface area contributed by atoms with Crippen LogP contribution < -0.4 is 15.8 Å². The van der Waals surface area contributed by atoms with Crippen LogP contribution in [0.2, 0.25) is 0 Å². The normalized spacial score (nSPS) is 14.5. The van der Waals surface area contributed by atoms with E-state index in [-0.39, 0.29) is 24.4 Å². The van der Waals surface area contributed by atoms with Gasteiger partial charge >= 0.3 is 0 Å². The van der Waals surface area contributed by atoms with E-state index in [2.05, 4.69) is 15.5 Å². The fourth-order valence-electron chi connectivity index (χ4n) is 2.45. The number of rotatable bonds is 8. The van der Waals surface area contributed by atoms with Crippen LogP contribution in [0.5, 0.6) is 5.75 Å². The maximum Gasteiger partial charge on any atom is 0.227 e. The molecule has 0 saturated heterocycles. The third-order valence-corrected chi connectivity index (χ3v) is 4.14. The lowest BCUT2D eigenvalue weighted by Gasteiger charge is -2.10. The maximum absolute atomic E-state index is 11.8. The molecule has 0 spiro atoms. The Morgan fingerprint density at radius 1 is 1.40 bits per heavy atom. The molecule has 25 heavy (non-hydrogen) atoms. The second-order valence-electron chi connectivity index (χ2n) is 6.05. The van der Waals surface area contributed by atoms with Crippen molar-refractivity contribution in [2.75, 3.05) is 13.7 Å². The van der Waals surface area contributed by atoms with Gasteiger partial charge in [-0.05, 0) is 43.0 Å². The average molecular weight is 367 g/mol. The van der Waals surface area contributed by atoms with Gasteiger partial charge in [-0.25, -0.2) is 0 Å². The van der Waals surface area contributed by atoms with Gasteiger partial charge in [-0.15, -0.1) is 12.4 Å². The Kier molecular flexibility index (Phi) is 6.78. The number of carbonyl (C=O) groups is 1. The molecule has 0 bridgehead atoms. The first-order valence-electron chi connectivity index (χ1n) is 8.15. The van der Waals surface area contributed by atoms with Gasteiger partial charge in [0.2, 0.25) is 17.6 Å². The van der Waals surface area contributed by atoms with Gasteiger partial charge in [-0.3, -0.25) is 4.79 Å². The smallest absolute Gasteiger partial charge is 0.227 e. The number of aromatic nitrogens is 2. The van der Waals surface area contributed by atoms with E-state index in [4.69, 9.17) is 15.0 Å². The summed E-state index contributed by atoms with van der Waals surface area (Å²) < 4.78 is 10.3. The van der Waals surface area contributed by atoms with Crippen LogP contribution in [-0.4, -0.2) is 35.7 Å². The van der Waals surface area contributed by atoms with Gasteiger partial charge in [0, 0.05) is 31.0 Å². The third-order valence-electron chi connectivity index (χ3n) is 4.14. The first-order valence-corrected chi connectivity index (χ1v) is 8.15. The van der Waals surface area contributed by atoms with Gasteiger partial charge in [0.05, 0.1) is 7.11 Å². The van der Waals surface area contributed by atoms with Crippen LogP contribution in [0, 0.1) is 5.92 Å². The predicted octanol–water partition coefficient (Wildman–Crippen LogP) is 1.95. The number of ether oxygens (including phenoxy) is 1. The lowest BCUT2D eigenvalue weighted by molar-refractivity contribution is -0.121. The van der Waals surface area contributed by atoms with Crippen LogP contribution in [0.4, 0.5) is 0 Å². The summed E-state index contributed by atoms with van der Waals surface area (Å²) in [4.78, 5) is 16.2. The van der Waals surface area contributed by atoms with E-state index in [1.165, 1.54) is 12.8 Å². The van der Waals surface area contributed by atoms with E-state index in [1.54, 1.807) is 7.11 Å². The van der Waals surface area contributed by atoms with Gasteiger partial charge in [-0.2, -0.15) is 4.98 Å². The van der Waals surface area contributed by atoms with Crippen molar-refractivity contribution < 1.29 is 14.1 Å². The van der Waals surface area contributed by atoms with Crippen LogP contribution in [-0.2, 0) is 11.2 Å². The van der Waals surface area contributed by atoms with Crippen molar-refractivity contribution in [3.63, 3.8) is 0 Å². The van der Waals surface area contributed by atoms with Crippen molar-refractivity contribution in [2.45, 2.75) is 31.7 Å². The summed E-state index contributed by atoms with van der Waals surface area (Å²) in [6.07, 6.45) is 3.07. The summed E-state index contributed by atoms with van der Waals surface area (Å²) in [5, 5.41) is 6.80. The zero-order valence-corrected chi connectivity index (χ0v) is 14.9. The minimum atomic E-state index is -0.0460. The standard InChI is InChI=1S/C17H22N4O3.ClH/c1-23-13-6-4-12(5-7-13)17-20-16(24-21-17)9-8-15(22)19-10-14(18)11-2-3-11;/h4-7,11,14H,2-3,8-10,18H2,1H3,(H,19,22);1H. The number of nitrogens with two attached hydrogens (primary N) is 1. The van der Waals surface area contributed by atoms with Crippen LogP contribution in [0.1, 0.15) is 25.2 Å². The Labute approximate surface area is 152 Å². The summed E-state index contributed by atoms with van der Waals surface area (Å²) in [5.41, 5.74) is 6.80. The Morgan fingerprint density at radius 2 is 2.12 bits per heavy atom. The minimum Gasteiger partial charge on any atom is -0.497 e. The first-order chi connectivity index (χ1) is 11.7. The quantitative estimate of drug-likeness (QED) is 0.740. The topological polar surface area (TPSA) is 103 Å². The van der Waals surface area contributed by atoms with E-state index >= 15 is 0 Å². The second-order valence-corrected chi connectivity index (χ2v) is 6.05. The largest absolute Gasteiger partial charge is 0.497 e. The fourth-order valence-corrected chi connectivity index (χ4v) is 2.45. The Hall–Kier alpha value is -2.12. The molecule has 1 atom stereocenters. The molecule has 1 heterocycles. The van der Waals surface area contributed by atoms with Gasteiger partial charge in [-0.1, -0.05) is 5.16 Å². The molecule has 0 radical (unpaired) electrons. The summed E-state index contributed by atoms with van der Waals surface area (Å²) in [5.74, 6) is 2.25. The van der Waals surface area contributed by atoms with Gasteiger partial charge in [0.1, 0.15) is 5.75 Å². The van der Waals surface area contributed by atoms with Gasteiger partial charge in [0.25, 0.3) is 0 Å². The molecule has 1 aliphatic carbocycles. The van der Waals surface area contributed by atoms with Crippen LogP contribution in [0.3, 0.4) is 0 Å². The number of carbonyl (C=O) groups excluding carboxylic acids is 1. The molecule has 1 aliphatic rings. The number of aryl methyl sites for hydroxylation is 1. The van der Waals surface area contributed by atoms with Gasteiger partial charge < -0.3 is 20.3 Å². The number of methoxy groups -OCH3 is 1. The number of nitrogens with zero attached hydrogens (tertiary/aromatic N) is 2. The Bertz CT molecular complexity index is 685. The molecule has 1 aromatic carbocycles. The number of hydrogen-bond acceptors (Lipinski definition) is 6. The van der Waals surface area contributed by atoms with Crippen molar-refractivity contribution in [3.05, 3.63) is 30.2 Å². The maximum atomic E-state index is 11.8. The van der Waals surface area contributed by atoms with Crippen molar-refractivity contribution in [1.82, 2.24) is 15.5 Å². The Balaban J connectivity index is 0.00000225. The summed E-state index contributed by atoms with van der Waals surface area (Å²) in [6.45, 7) is 0.532. The predicted molar refractivity (Wildman–Crippen MR) is 95.6 cm³/mol. The van der Waals surface area contributed by atoms with Gasteiger partial charge in [0.15, 0.2) is 0 Å². The van der Waals surface area contributed by atoms with Crippen LogP contribution >= 0.6 is 12.4 Å². The zero-order chi connectivity index (χ0) is 16.9. The van der Waals surface area contributed by atoms with Crippen LogP contribution in [0.25, 0.3) is 11.4 Å². The number of amides is 1. The van der Waals surface area contributed by atoms with E-state index in [0.29, 0.717) is 37.0 Å². The molecule has 1 unspecified atom stereocenters. The molecule has 1 amide bonds. The highest BCUT2D eigenvalue weighted by atomic mass is 35.5. The average Bonchev–Trinajstić information content (AvgIpc) is 3.36. The molecule has 8 heteroatoms. The molecule has 1 aromatic heterocycles. The summed E-state index contributed by atoms with van der Waals surface area (Å²) in [7, 11) is 1.62. The zero-order valence-electron chi connectivity index (χ0n) is 14.1. The molecule has 7 nitrogen and oxygen atoms in total. The SMILES string of the molecule is COc1ccc(-c2noc(CCC(=O)NCC(N)C3CC3)n2)cc1.Cl. The molecule has 1 saturated carbocycles.